The van der Waals surface area contributed by atoms with Crippen molar-refractivity contribution in [1.82, 2.24) is 9.55 Å². The Hall–Kier alpha value is -1.84. The van der Waals surface area contributed by atoms with E-state index < -0.39 is 0 Å². The summed E-state index contributed by atoms with van der Waals surface area (Å²) >= 11 is 0. The monoisotopic (exact) mass is 257 g/mol. The van der Waals surface area contributed by atoms with E-state index in [2.05, 4.69) is 17.2 Å². The lowest BCUT2D eigenvalue weighted by Gasteiger charge is -2.14. The third-order valence-corrected chi connectivity index (χ3v) is 3.88. The maximum Gasteiger partial charge on any atom is 0.191 e. The molecule has 1 aliphatic rings. The summed E-state index contributed by atoms with van der Waals surface area (Å²) in [7, 11) is 0. The molecular formula is C15H19N3O. The highest BCUT2D eigenvalue weighted by atomic mass is 16.1. The Morgan fingerprint density at radius 3 is 2.95 bits per heavy atom. The van der Waals surface area contributed by atoms with Crippen molar-refractivity contribution in [2.45, 2.75) is 45.2 Å². The minimum Gasteiger partial charge on any atom is -0.381 e. The van der Waals surface area contributed by atoms with Crippen LogP contribution in [0.15, 0.2) is 29.3 Å². The fraction of sp³-hybridized carbons (Fsp3) is 0.467. The van der Waals surface area contributed by atoms with Crippen molar-refractivity contribution >= 4 is 16.7 Å². The van der Waals surface area contributed by atoms with Crippen molar-refractivity contribution in [3.8, 4) is 0 Å². The molecule has 2 aromatic heterocycles. The molecule has 1 aliphatic carbocycles. The lowest BCUT2D eigenvalue weighted by molar-refractivity contribution is 0.753. The van der Waals surface area contributed by atoms with Gasteiger partial charge in [-0.15, -0.1) is 0 Å². The lowest BCUT2D eigenvalue weighted by Crippen LogP contribution is -2.15. The maximum absolute atomic E-state index is 12.0. The molecule has 4 heteroatoms. The molecule has 0 saturated heterocycles. The minimum atomic E-state index is 0.0438. The minimum absolute atomic E-state index is 0.0438. The van der Waals surface area contributed by atoms with E-state index in [-0.39, 0.29) is 5.43 Å². The summed E-state index contributed by atoms with van der Waals surface area (Å²) in [6, 6.07) is 4.10. The molecule has 1 fully saturated rings. The van der Waals surface area contributed by atoms with Crippen molar-refractivity contribution < 1.29 is 0 Å². The summed E-state index contributed by atoms with van der Waals surface area (Å²) in [5.74, 6) is 0. The van der Waals surface area contributed by atoms with Crippen LogP contribution in [0.4, 0.5) is 5.69 Å². The summed E-state index contributed by atoms with van der Waals surface area (Å²) in [6.07, 6.45) is 8.66. The van der Waals surface area contributed by atoms with Gasteiger partial charge in [-0.1, -0.05) is 12.8 Å². The molecule has 0 spiro atoms. The normalized spacial score (nSPS) is 16.1. The smallest absolute Gasteiger partial charge is 0.191 e. The number of anilines is 1. The third-order valence-electron chi connectivity index (χ3n) is 3.88. The number of nitrogens with zero attached hydrogens (tertiary/aromatic N) is 2. The maximum atomic E-state index is 12.0. The largest absolute Gasteiger partial charge is 0.381 e. The number of rotatable bonds is 3. The number of aromatic nitrogens is 2. The number of aryl methyl sites for hydroxylation is 1. The van der Waals surface area contributed by atoms with Gasteiger partial charge in [0.15, 0.2) is 5.43 Å². The van der Waals surface area contributed by atoms with Crippen LogP contribution in [-0.2, 0) is 6.54 Å². The highest BCUT2D eigenvalue weighted by molar-refractivity contribution is 5.78. The van der Waals surface area contributed by atoms with E-state index in [1.165, 1.54) is 25.7 Å². The van der Waals surface area contributed by atoms with E-state index >= 15 is 0 Å². The first-order valence-corrected chi connectivity index (χ1v) is 7.03. The molecular weight excluding hydrogens is 238 g/mol. The Bertz CT molecular complexity index is 641. The Morgan fingerprint density at radius 1 is 1.42 bits per heavy atom. The van der Waals surface area contributed by atoms with Gasteiger partial charge in [-0.2, -0.15) is 0 Å². The Balaban J connectivity index is 2.00. The second-order valence-corrected chi connectivity index (χ2v) is 5.19. The average molecular weight is 257 g/mol. The molecule has 0 unspecified atom stereocenters. The van der Waals surface area contributed by atoms with Crippen LogP contribution in [-0.4, -0.2) is 15.6 Å². The van der Waals surface area contributed by atoms with E-state index in [0.29, 0.717) is 11.4 Å². The first-order valence-electron chi connectivity index (χ1n) is 7.03. The number of nitrogens with one attached hydrogen (secondary N) is 1. The predicted molar refractivity (Wildman–Crippen MR) is 77.6 cm³/mol. The Labute approximate surface area is 112 Å². The van der Waals surface area contributed by atoms with Crippen molar-refractivity contribution in [2.75, 3.05) is 5.32 Å². The number of hydrogen-bond acceptors (Lipinski definition) is 3. The Morgan fingerprint density at radius 2 is 2.21 bits per heavy atom. The van der Waals surface area contributed by atoms with Gasteiger partial charge in [-0.05, 0) is 25.8 Å². The van der Waals surface area contributed by atoms with Gasteiger partial charge < -0.3 is 9.88 Å². The zero-order valence-corrected chi connectivity index (χ0v) is 11.2. The van der Waals surface area contributed by atoms with E-state index in [0.717, 1.165) is 17.9 Å². The summed E-state index contributed by atoms with van der Waals surface area (Å²) in [5, 5.41) is 4.19. The van der Waals surface area contributed by atoms with Crippen LogP contribution in [0.1, 0.15) is 32.6 Å². The van der Waals surface area contributed by atoms with Crippen LogP contribution in [0.25, 0.3) is 11.0 Å². The zero-order valence-electron chi connectivity index (χ0n) is 11.2. The second kappa shape index (κ2) is 5.03. The SMILES string of the molecule is CCn1ccc(=O)c2cc(NC3CCCC3)cnc21. The average Bonchev–Trinajstić information content (AvgIpc) is 2.93. The first-order chi connectivity index (χ1) is 9.28. The molecule has 0 aliphatic heterocycles. The molecule has 0 amide bonds. The predicted octanol–water partition coefficient (Wildman–Crippen LogP) is 2.77. The van der Waals surface area contributed by atoms with Crippen LogP contribution in [0, 0.1) is 0 Å². The molecule has 4 nitrogen and oxygen atoms in total. The van der Waals surface area contributed by atoms with Crippen LogP contribution in [0.5, 0.6) is 0 Å². The molecule has 3 rings (SSSR count). The van der Waals surface area contributed by atoms with Gasteiger partial charge in [-0.25, -0.2) is 4.98 Å². The quantitative estimate of drug-likeness (QED) is 0.919. The molecule has 0 bridgehead atoms. The highest BCUT2D eigenvalue weighted by Crippen LogP contribution is 2.23. The first kappa shape index (κ1) is 12.2. The van der Waals surface area contributed by atoms with Crippen molar-refractivity contribution in [1.29, 1.82) is 0 Å². The number of fused-ring (bicyclic) bond motifs is 1. The van der Waals surface area contributed by atoms with Gasteiger partial charge in [0, 0.05) is 24.8 Å². The highest BCUT2D eigenvalue weighted by Gasteiger charge is 2.15. The van der Waals surface area contributed by atoms with Gasteiger partial charge in [0.05, 0.1) is 17.3 Å². The third kappa shape index (κ3) is 2.35. The fourth-order valence-corrected chi connectivity index (χ4v) is 2.83. The van der Waals surface area contributed by atoms with Crippen LogP contribution in [0.3, 0.4) is 0 Å². The summed E-state index contributed by atoms with van der Waals surface area (Å²) in [5.41, 5.74) is 1.78. The Kier molecular flexibility index (Phi) is 3.23. The van der Waals surface area contributed by atoms with E-state index in [9.17, 15) is 4.79 Å². The van der Waals surface area contributed by atoms with Gasteiger partial charge in [0.1, 0.15) is 5.65 Å². The second-order valence-electron chi connectivity index (χ2n) is 5.19. The number of pyridine rings is 2. The van der Waals surface area contributed by atoms with Gasteiger partial charge in [-0.3, -0.25) is 4.79 Å². The zero-order chi connectivity index (χ0) is 13.2. The molecule has 2 aromatic rings. The van der Waals surface area contributed by atoms with Crippen molar-refractivity contribution in [3.63, 3.8) is 0 Å². The topological polar surface area (TPSA) is 46.9 Å². The summed E-state index contributed by atoms with van der Waals surface area (Å²) in [6.45, 7) is 2.87. The summed E-state index contributed by atoms with van der Waals surface area (Å²) < 4.78 is 2.00. The van der Waals surface area contributed by atoms with Gasteiger partial charge in [0.2, 0.25) is 0 Å². The number of hydrogen-bond donors (Lipinski definition) is 1. The molecule has 0 radical (unpaired) electrons. The molecule has 19 heavy (non-hydrogen) atoms. The molecule has 1 N–H and O–H groups in total. The lowest BCUT2D eigenvalue weighted by atomic mass is 10.2. The van der Waals surface area contributed by atoms with Gasteiger partial charge in [0.25, 0.3) is 0 Å². The van der Waals surface area contributed by atoms with E-state index in [4.69, 9.17) is 0 Å². The van der Waals surface area contributed by atoms with Crippen molar-refractivity contribution in [2.24, 2.45) is 0 Å². The van der Waals surface area contributed by atoms with Gasteiger partial charge >= 0.3 is 0 Å². The van der Waals surface area contributed by atoms with Crippen molar-refractivity contribution in [3.05, 3.63) is 34.7 Å². The van der Waals surface area contributed by atoms with E-state index in [1.54, 1.807) is 6.07 Å². The molecule has 0 atom stereocenters. The summed E-state index contributed by atoms with van der Waals surface area (Å²) in [4.78, 5) is 16.4. The van der Waals surface area contributed by atoms with E-state index in [1.807, 2.05) is 23.0 Å². The van der Waals surface area contributed by atoms with Crippen LogP contribution >= 0.6 is 0 Å². The van der Waals surface area contributed by atoms with Crippen LogP contribution in [0.2, 0.25) is 0 Å². The molecule has 100 valence electrons. The molecule has 1 saturated carbocycles. The standard InChI is InChI=1S/C15H19N3O/c1-2-18-8-7-14(19)13-9-12(10-16-15(13)18)17-11-5-3-4-6-11/h7-11,17H,2-6H2,1H3. The van der Waals surface area contributed by atoms with Crippen LogP contribution < -0.4 is 10.7 Å². The fourth-order valence-electron chi connectivity index (χ4n) is 2.83. The molecule has 0 aromatic carbocycles. The molecule has 2 heterocycles.